The van der Waals surface area contributed by atoms with Crippen LogP contribution in [-0.4, -0.2) is 0 Å². The highest BCUT2D eigenvalue weighted by atomic mass is 32.4. The predicted molar refractivity (Wildman–Crippen MR) is 79.9 cm³/mol. The fraction of sp³-hybridized carbons (Fsp3) is 0.200. The molecule has 0 spiro atoms. The van der Waals surface area contributed by atoms with Gasteiger partial charge in [0.2, 0.25) is 0 Å². The smallest absolute Gasteiger partial charge is 0.0589 e. The van der Waals surface area contributed by atoms with E-state index in [4.69, 9.17) is 11.8 Å². The zero-order chi connectivity index (χ0) is 12.3. The SMILES string of the molecule is Cc1ccc(C([PH+]=S)c2ccc(C)cc2)cc1. The average Bonchev–Trinajstić information content (AvgIpc) is 2.35. The lowest BCUT2D eigenvalue weighted by atomic mass is 10.0. The van der Waals surface area contributed by atoms with E-state index in [1.54, 1.807) is 0 Å². The molecule has 2 aromatic carbocycles. The third kappa shape index (κ3) is 3.00. The van der Waals surface area contributed by atoms with Crippen molar-refractivity contribution in [1.29, 1.82) is 0 Å². The molecule has 0 nitrogen and oxygen atoms in total. The summed E-state index contributed by atoms with van der Waals surface area (Å²) in [5.41, 5.74) is 5.61. The Labute approximate surface area is 110 Å². The Hall–Kier alpha value is -1.04. The van der Waals surface area contributed by atoms with Crippen LogP contribution >= 0.6 is 7.36 Å². The molecule has 2 rings (SSSR count). The second-order valence-electron chi connectivity index (χ2n) is 4.37. The van der Waals surface area contributed by atoms with E-state index in [2.05, 4.69) is 62.4 Å². The third-order valence-electron chi connectivity index (χ3n) is 2.94. The van der Waals surface area contributed by atoms with Crippen molar-refractivity contribution < 1.29 is 0 Å². The average molecular weight is 259 g/mol. The molecule has 0 amide bonds. The highest BCUT2D eigenvalue weighted by molar-refractivity contribution is 7.96. The van der Waals surface area contributed by atoms with Gasteiger partial charge in [-0.2, -0.15) is 0 Å². The van der Waals surface area contributed by atoms with Gasteiger partial charge in [-0.05, 0) is 13.8 Å². The number of hydrogen-bond acceptors (Lipinski definition) is 1. The van der Waals surface area contributed by atoms with E-state index < -0.39 is 0 Å². The Balaban J connectivity index is 2.36. The van der Waals surface area contributed by atoms with Gasteiger partial charge in [0.1, 0.15) is 0 Å². The molecule has 0 aliphatic carbocycles. The van der Waals surface area contributed by atoms with Crippen LogP contribution in [0.15, 0.2) is 48.5 Å². The maximum atomic E-state index is 5.33. The van der Waals surface area contributed by atoms with Crippen molar-refractivity contribution in [2.24, 2.45) is 0 Å². The lowest BCUT2D eigenvalue weighted by Gasteiger charge is -2.07. The molecule has 1 atom stereocenters. The van der Waals surface area contributed by atoms with Crippen molar-refractivity contribution >= 4 is 19.2 Å². The van der Waals surface area contributed by atoms with E-state index in [9.17, 15) is 0 Å². The molecule has 0 saturated heterocycles. The summed E-state index contributed by atoms with van der Waals surface area (Å²) in [6, 6.07) is 17.4. The molecular weight excluding hydrogens is 243 g/mol. The number of benzene rings is 2. The molecule has 17 heavy (non-hydrogen) atoms. The number of rotatable bonds is 3. The quantitative estimate of drug-likeness (QED) is 0.730. The van der Waals surface area contributed by atoms with E-state index in [0.29, 0.717) is 13.0 Å². The summed E-state index contributed by atoms with van der Waals surface area (Å²) >= 11 is 5.33. The second-order valence-corrected chi connectivity index (χ2v) is 5.89. The van der Waals surface area contributed by atoms with Gasteiger partial charge in [-0.25, -0.2) is 0 Å². The zero-order valence-corrected chi connectivity index (χ0v) is 11.9. The predicted octanol–water partition coefficient (Wildman–Crippen LogP) is 4.53. The summed E-state index contributed by atoms with van der Waals surface area (Å²) in [7, 11) is 0.481. The molecule has 2 heteroatoms. The molecule has 0 fully saturated rings. The highest BCUT2D eigenvalue weighted by Crippen LogP contribution is 2.34. The fourth-order valence-electron chi connectivity index (χ4n) is 1.85. The molecule has 2 aromatic rings. The molecule has 86 valence electrons. The molecule has 0 radical (unpaired) electrons. The van der Waals surface area contributed by atoms with Crippen LogP contribution in [0.3, 0.4) is 0 Å². The molecule has 0 bridgehead atoms. The van der Waals surface area contributed by atoms with Crippen molar-refractivity contribution in [2.45, 2.75) is 19.5 Å². The first-order valence-corrected chi connectivity index (χ1v) is 7.92. The first-order valence-electron chi connectivity index (χ1n) is 5.71. The molecule has 0 aliphatic heterocycles. The van der Waals surface area contributed by atoms with Crippen molar-refractivity contribution in [3.05, 3.63) is 70.8 Å². The van der Waals surface area contributed by atoms with Crippen molar-refractivity contribution in [3.8, 4) is 0 Å². The third-order valence-corrected chi connectivity index (χ3v) is 4.55. The van der Waals surface area contributed by atoms with E-state index in [1.807, 2.05) is 0 Å². The summed E-state index contributed by atoms with van der Waals surface area (Å²) in [5.74, 6) is 0. The Morgan fingerprint density at radius 1 is 0.765 bits per heavy atom. The minimum Gasteiger partial charge on any atom is -0.0589 e. The van der Waals surface area contributed by atoms with Gasteiger partial charge in [-0.1, -0.05) is 59.7 Å². The van der Waals surface area contributed by atoms with E-state index in [-0.39, 0.29) is 0 Å². The van der Waals surface area contributed by atoms with Crippen LogP contribution < -0.4 is 0 Å². The summed E-state index contributed by atoms with van der Waals surface area (Å²) in [4.78, 5) is 0. The largest absolute Gasteiger partial charge is 0.176 e. The molecule has 0 saturated carbocycles. The van der Waals surface area contributed by atoms with Gasteiger partial charge in [0.15, 0.2) is 24.8 Å². The molecule has 1 unspecified atom stereocenters. The molecule has 0 heterocycles. The van der Waals surface area contributed by atoms with Crippen molar-refractivity contribution in [3.63, 3.8) is 0 Å². The van der Waals surface area contributed by atoms with Gasteiger partial charge in [0, 0.05) is 11.1 Å². The lowest BCUT2D eigenvalue weighted by Crippen LogP contribution is -1.93. The summed E-state index contributed by atoms with van der Waals surface area (Å²) < 4.78 is 0. The standard InChI is InChI=1S/C15H15PS/c1-11-3-7-13(8-4-11)15(16-17)14-9-5-12(2)6-10-14/h3-10,15H,1-2H3/p+1. The minimum atomic E-state index is 0.367. The summed E-state index contributed by atoms with van der Waals surface area (Å²) in [6.45, 7) is 4.22. The molecular formula is C15H16PS+. The van der Waals surface area contributed by atoms with Crippen LogP contribution in [0.4, 0.5) is 0 Å². The first kappa shape index (κ1) is 12.4. The van der Waals surface area contributed by atoms with Gasteiger partial charge in [0.05, 0.1) is 0 Å². The van der Waals surface area contributed by atoms with Crippen molar-refractivity contribution in [2.75, 3.05) is 0 Å². The minimum absolute atomic E-state index is 0.367. The highest BCUT2D eigenvalue weighted by Gasteiger charge is 2.18. The van der Waals surface area contributed by atoms with Gasteiger partial charge in [0.25, 0.3) is 0 Å². The Bertz CT molecular complexity index is 454. The summed E-state index contributed by atoms with van der Waals surface area (Å²) in [6.07, 6.45) is 0. The maximum absolute atomic E-state index is 5.33. The van der Waals surface area contributed by atoms with E-state index in [0.717, 1.165) is 0 Å². The van der Waals surface area contributed by atoms with Gasteiger partial charge in [-0.15, -0.1) is 0 Å². The van der Waals surface area contributed by atoms with E-state index >= 15 is 0 Å². The lowest BCUT2D eigenvalue weighted by molar-refractivity contribution is 1.15. The van der Waals surface area contributed by atoms with Crippen molar-refractivity contribution in [1.82, 2.24) is 0 Å². The monoisotopic (exact) mass is 259 g/mol. The number of aryl methyl sites for hydroxylation is 2. The first-order chi connectivity index (χ1) is 8.20. The van der Waals surface area contributed by atoms with E-state index in [1.165, 1.54) is 22.3 Å². The Morgan fingerprint density at radius 3 is 1.41 bits per heavy atom. The van der Waals surface area contributed by atoms with Crippen LogP contribution in [0.1, 0.15) is 27.9 Å². The number of hydrogen-bond donors (Lipinski definition) is 0. The Morgan fingerprint density at radius 2 is 1.12 bits per heavy atom. The zero-order valence-electron chi connectivity index (χ0n) is 10.1. The van der Waals surface area contributed by atoms with Gasteiger partial charge in [-0.3, -0.25) is 0 Å². The molecule has 0 aromatic heterocycles. The molecule has 0 aliphatic rings. The van der Waals surface area contributed by atoms with Crippen LogP contribution in [-0.2, 0) is 11.8 Å². The Kier molecular flexibility index (Phi) is 4.04. The van der Waals surface area contributed by atoms with Crippen LogP contribution in [0.25, 0.3) is 0 Å². The topological polar surface area (TPSA) is 0 Å². The maximum Gasteiger partial charge on any atom is 0.176 e. The van der Waals surface area contributed by atoms with Crippen LogP contribution in [0.5, 0.6) is 0 Å². The summed E-state index contributed by atoms with van der Waals surface area (Å²) in [5, 5.41) is 0. The van der Waals surface area contributed by atoms with Crippen LogP contribution in [0, 0.1) is 13.8 Å². The molecule has 0 N–H and O–H groups in total. The van der Waals surface area contributed by atoms with Gasteiger partial charge < -0.3 is 0 Å². The van der Waals surface area contributed by atoms with Crippen LogP contribution in [0.2, 0.25) is 0 Å². The second kappa shape index (κ2) is 5.53. The van der Waals surface area contributed by atoms with Gasteiger partial charge >= 0.3 is 0 Å². The normalized spacial score (nSPS) is 11.0. The fourth-order valence-corrected chi connectivity index (χ4v) is 3.32.